The number of aryl methyl sites for hydroxylation is 1. The van der Waals surface area contributed by atoms with Crippen LogP contribution in [0.25, 0.3) is 11.0 Å². The molecule has 0 unspecified atom stereocenters. The number of hydrogen-bond acceptors (Lipinski definition) is 8. The monoisotopic (exact) mass is 494 g/mol. The Morgan fingerprint density at radius 3 is 2.29 bits per heavy atom. The van der Waals surface area contributed by atoms with Crippen LogP contribution in [0.5, 0.6) is 0 Å². The second-order valence-corrected chi connectivity index (χ2v) is 10.6. The van der Waals surface area contributed by atoms with Gasteiger partial charge >= 0.3 is 5.97 Å². The fourth-order valence-corrected chi connectivity index (χ4v) is 6.33. The average molecular weight is 495 g/mol. The third-order valence-corrected chi connectivity index (χ3v) is 8.21. The molecule has 0 radical (unpaired) electrons. The standard InChI is InChI=1S/C24H22N4O4S2/c1-32-24(29)20-16-11-5-8-14-19(16)33-23(20)27-21-22(26-18-13-7-6-12-17(18)25-21)28-34(30,31)15-9-3-2-4-10-15/h2-4,6-7,9-10,12-13H,5,8,11,14H2,1H3,(H,25,27)(H,26,28). The minimum absolute atomic E-state index is 0.0461. The molecule has 0 atom stereocenters. The maximum atomic E-state index is 13.0. The molecule has 34 heavy (non-hydrogen) atoms. The van der Waals surface area contributed by atoms with Gasteiger partial charge in [0.1, 0.15) is 5.00 Å². The van der Waals surface area contributed by atoms with E-state index in [1.807, 2.05) is 12.1 Å². The van der Waals surface area contributed by atoms with E-state index in [1.54, 1.807) is 30.3 Å². The first-order valence-electron chi connectivity index (χ1n) is 10.8. The van der Waals surface area contributed by atoms with E-state index in [4.69, 9.17) is 4.74 Å². The number of rotatable bonds is 6. The third kappa shape index (κ3) is 4.22. The van der Waals surface area contributed by atoms with Gasteiger partial charge in [0.15, 0.2) is 11.6 Å². The van der Waals surface area contributed by atoms with Crippen LogP contribution < -0.4 is 10.0 Å². The lowest BCUT2D eigenvalue weighted by Gasteiger charge is -2.14. The Labute approximate surface area is 201 Å². The molecule has 4 aromatic rings. The molecule has 1 aliphatic rings. The summed E-state index contributed by atoms with van der Waals surface area (Å²) in [6.07, 6.45) is 3.76. The second kappa shape index (κ2) is 9.03. The lowest BCUT2D eigenvalue weighted by Crippen LogP contribution is -2.16. The first-order chi connectivity index (χ1) is 16.5. The number of sulfonamides is 1. The minimum Gasteiger partial charge on any atom is -0.465 e. The van der Waals surface area contributed by atoms with E-state index >= 15 is 0 Å². The summed E-state index contributed by atoms with van der Waals surface area (Å²) in [5.74, 6) is -0.172. The number of methoxy groups -OCH3 is 1. The summed E-state index contributed by atoms with van der Waals surface area (Å²) in [7, 11) is -2.56. The number of carbonyl (C=O) groups is 1. The number of hydrogen-bond donors (Lipinski definition) is 2. The van der Waals surface area contributed by atoms with Crippen molar-refractivity contribution in [3.05, 3.63) is 70.6 Å². The summed E-state index contributed by atoms with van der Waals surface area (Å²) in [5.41, 5.74) is 2.60. The molecule has 1 aliphatic carbocycles. The molecule has 2 heterocycles. The SMILES string of the molecule is COC(=O)c1c(Nc2nc3ccccc3nc2NS(=O)(=O)c2ccccc2)sc2c1CCCC2. The Morgan fingerprint density at radius 1 is 0.941 bits per heavy atom. The lowest BCUT2D eigenvalue weighted by atomic mass is 9.95. The molecule has 2 aromatic carbocycles. The fourth-order valence-electron chi connectivity index (χ4n) is 4.02. The van der Waals surface area contributed by atoms with E-state index in [1.165, 1.54) is 30.6 Å². The van der Waals surface area contributed by atoms with Crippen molar-refractivity contribution >= 4 is 55.0 Å². The van der Waals surface area contributed by atoms with Crippen LogP contribution in [-0.4, -0.2) is 31.5 Å². The fraction of sp³-hybridized carbons (Fsp3) is 0.208. The highest BCUT2D eigenvalue weighted by atomic mass is 32.2. The molecular weight excluding hydrogens is 472 g/mol. The lowest BCUT2D eigenvalue weighted by molar-refractivity contribution is 0.0601. The Morgan fingerprint density at radius 2 is 1.59 bits per heavy atom. The number of esters is 1. The van der Waals surface area contributed by atoms with Gasteiger partial charge < -0.3 is 10.1 Å². The van der Waals surface area contributed by atoms with Gasteiger partial charge in [-0.25, -0.2) is 23.2 Å². The molecule has 0 aliphatic heterocycles. The number of para-hydroxylation sites is 2. The first-order valence-corrected chi connectivity index (χ1v) is 13.1. The molecule has 0 saturated carbocycles. The molecule has 2 aromatic heterocycles. The van der Waals surface area contributed by atoms with Gasteiger partial charge in [0.25, 0.3) is 10.0 Å². The second-order valence-electron chi connectivity index (χ2n) is 7.86. The topological polar surface area (TPSA) is 110 Å². The quantitative estimate of drug-likeness (QED) is 0.367. The van der Waals surface area contributed by atoms with Gasteiger partial charge in [-0.05, 0) is 55.5 Å². The van der Waals surface area contributed by atoms with Crippen molar-refractivity contribution < 1.29 is 17.9 Å². The zero-order chi connectivity index (χ0) is 23.7. The van der Waals surface area contributed by atoms with Crippen molar-refractivity contribution in [2.75, 3.05) is 17.1 Å². The maximum Gasteiger partial charge on any atom is 0.341 e. The van der Waals surface area contributed by atoms with Crippen LogP contribution in [0.4, 0.5) is 16.6 Å². The van der Waals surface area contributed by atoms with Gasteiger partial charge in [-0.1, -0.05) is 30.3 Å². The summed E-state index contributed by atoms with van der Waals surface area (Å²) in [6, 6.07) is 15.3. The number of nitrogens with one attached hydrogen (secondary N) is 2. The Hall–Kier alpha value is -3.50. The van der Waals surface area contributed by atoms with Crippen LogP contribution in [0.2, 0.25) is 0 Å². The van der Waals surface area contributed by atoms with Gasteiger partial charge in [-0.3, -0.25) is 4.72 Å². The molecule has 8 nitrogen and oxygen atoms in total. The summed E-state index contributed by atoms with van der Waals surface area (Å²) in [5, 5.41) is 3.77. The third-order valence-electron chi connectivity index (χ3n) is 5.65. The molecule has 5 rings (SSSR count). The van der Waals surface area contributed by atoms with E-state index in [2.05, 4.69) is 20.0 Å². The summed E-state index contributed by atoms with van der Waals surface area (Å²) in [6.45, 7) is 0. The highest BCUT2D eigenvalue weighted by Gasteiger charge is 2.27. The van der Waals surface area contributed by atoms with Crippen molar-refractivity contribution in [1.82, 2.24) is 9.97 Å². The largest absolute Gasteiger partial charge is 0.465 e. The molecule has 0 spiro atoms. The average Bonchev–Trinajstić information content (AvgIpc) is 3.22. The van der Waals surface area contributed by atoms with Crippen molar-refractivity contribution in [3.63, 3.8) is 0 Å². The molecule has 174 valence electrons. The van der Waals surface area contributed by atoms with Crippen molar-refractivity contribution in [2.24, 2.45) is 0 Å². The Balaban J connectivity index is 1.61. The van der Waals surface area contributed by atoms with Crippen LogP contribution in [0.3, 0.4) is 0 Å². The highest BCUT2D eigenvalue weighted by Crippen LogP contribution is 2.40. The summed E-state index contributed by atoms with van der Waals surface area (Å²) < 4.78 is 33.7. The molecule has 0 fully saturated rings. The zero-order valence-electron chi connectivity index (χ0n) is 18.4. The van der Waals surface area contributed by atoms with Crippen molar-refractivity contribution in [3.8, 4) is 0 Å². The summed E-state index contributed by atoms with van der Waals surface area (Å²) >= 11 is 1.47. The Bertz CT molecular complexity index is 1480. The number of anilines is 3. The first kappa shape index (κ1) is 22.3. The predicted molar refractivity (Wildman–Crippen MR) is 132 cm³/mol. The Kier molecular flexibility index (Phi) is 5.93. The van der Waals surface area contributed by atoms with Crippen LogP contribution in [0.1, 0.15) is 33.6 Å². The van der Waals surface area contributed by atoms with Crippen LogP contribution >= 0.6 is 11.3 Å². The minimum atomic E-state index is -3.91. The zero-order valence-corrected chi connectivity index (χ0v) is 20.0. The molecular formula is C24H22N4O4S2. The van der Waals surface area contributed by atoms with Crippen molar-refractivity contribution in [1.29, 1.82) is 0 Å². The van der Waals surface area contributed by atoms with Gasteiger partial charge in [-0.15, -0.1) is 11.3 Å². The van der Waals surface area contributed by atoms with Gasteiger partial charge in [0.05, 0.1) is 28.6 Å². The number of nitrogens with zero attached hydrogens (tertiary/aromatic N) is 2. The normalized spacial score (nSPS) is 13.3. The maximum absolute atomic E-state index is 13.0. The molecule has 2 N–H and O–H groups in total. The smallest absolute Gasteiger partial charge is 0.341 e. The number of benzene rings is 2. The predicted octanol–water partition coefficient (Wildman–Crippen LogP) is 4.90. The van der Waals surface area contributed by atoms with Crippen molar-refractivity contribution in [2.45, 2.75) is 30.6 Å². The van der Waals surface area contributed by atoms with Crippen LogP contribution in [0, 0.1) is 0 Å². The number of ether oxygens (including phenoxy) is 1. The summed E-state index contributed by atoms with van der Waals surface area (Å²) in [4.78, 5) is 23.1. The van der Waals surface area contributed by atoms with Crippen LogP contribution in [0.15, 0.2) is 59.5 Å². The number of fused-ring (bicyclic) bond motifs is 2. The molecule has 0 bridgehead atoms. The van der Waals surface area contributed by atoms with Gasteiger partial charge in [-0.2, -0.15) is 0 Å². The van der Waals surface area contributed by atoms with E-state index in [0.717, 1.165) is 36.1 Å². The molecule has 0 saturated heterocycles. The van der Waals surface area contributed by atoms with E-state index in [9.17, 15) is 13.2 Å². The highest BCUT2D eigenvalue weighted by molar-refractivity contribution is 7.92. The van der Waals surface area contributed by atoms with Gasteiger partial charge in [0, 0.05) is 4.88 Å². The number of carbonyl (C=O) groups excluding carboxylic acids is 1. The number of aromatic nitrogens is 2. The van der Waals surface area contributed by atoms with Crippen LogP contribution in [-0.2, 0) is 27.6 Å². The molecule has 0 amide bonds. The number of thiophene rings is 1. The molecule has 10 heteroatoms. The van der Waals surface area contributed by atoms with Gasteiger partial charge in [0.2, 0.25) is 0 Å². The van der Waals surface area contributed by atoms with E-state index in [-0.39, 0.29) is 16.5 Å². The van der Waals surface area contributed by atoms with E-state index in [0.29, 0.717) is 21.6 Å². The van der Waals surface area contributed by atoms with E-state index < -0.39 is 16.0 Å².